The second kappa shape index (κ2) is 4.17. The van der Waals surface area contributed by atoms with Crippen molar-refractivity contribution in [2.75, 3.05) is 0 Å². The highest BCUT2D eigenvalue weighted by atomic mass is 15.3. The van der Waals surface area contributed by atoms with Crippen molar-refractivity contribution in [3.05, 3.63) is 23.1 Å². The first-order chi connectivity index (χ1) is 7.91. The van der Waals surface area contributed by atoms with Crippen molar-refractivity contribution in [3.63, 3.8) is 0 Å². The summed E-state index contributed by atoms with van der Waals surface area (Å²) in [5, 5.41) is 4.54. The van der Waals surface area contributed by atoms with E-state index in [1.165, 1.54) is 16.6 Å². The standard InChI is InChI=1S/C13H20BN3/c1-7(2)10-9(5)6-17-13(11(10)14)15-12(16-17)8(3)4/h6-8H,14H2,1-5H3. The first-order valence-electron chi connectivity index (χ1n) is 6.28. The second-order valence-electron chi connectivity index (χ2n) is 5.40. The zero-order chi connectivity index (χ0) is 12.7. The van der Waals surface area contributed by atoms with Gasteiger partial charge in [0.15, 0.2) is 5.82 Å². The number of rotatable bonds is 2. The Hall–Kier alpha value is -1.32. The molecule has 4 heteroatoms. The summed E-state index contributed by atoms with van der Waals surface area (Å²) < 4.78 is 1.92. The highest BCUT2D eigenvalue weighted by Gasteiger charge is 2.15. The van der Waals surface area contributed by atoms with Crippen LogP contribution in [0.3, 0.4) is 0 Å². The predicted octanol–water partition coefficient (Wildman–Crippen LogP) is 1.54. The molecule has 0 aliphatic heterocycles. The van der Waals surface area contributed by atoms with Crippen molar-refractivity contribution in [2.24, 2.45) is 0 Å². The molecule has 0 N–H and O–H groups in total. The van der Waals surface area contributed by atoms with Gasteiger partial charge in [0.25, 0.3) is 0 Å². The third-order valence-electron chi connectivity index (χ3n) is 3.22. The molecule has 0 bridgehead atoms. The van der Waals surface area contributed by atoms with Gasteiger partial charge in [0.05, 0.1) is 0 Å². The van der Waals surface area contributed by atoms with E-state index < -0.39 is 0 Å². The average Bonchev–Trinajstić information content (AvgIpc) is 2.60. The van der Waals surface area contributed by atoms with Gasteiger partial charge in [-0.1, -0.05) is 27.7 Å². The molecule has 2 aromatic rings. The van der Waals surface area contributed by atoms with Crippen LogP contribution in [0.15, 0.2) is 6.20 Å². The van der Waals surface area contributed by atoms with Gasteiger partial charge in [-0.25, -0.2) is 9.50 Å². The van der Waals surface area contributed by atoms with E-state index in [-0.39, 0.29) is 0 Å². The minimum absolute atomic E-state index is 0.372. The van der Waals surface area contributed by atoms with E-state index in [2.05, 4.69) is 58.7 Å². The maximum absolute atomic E-state index is 4.65. The van der Waals surface area contributed by atoms with Crippen LogP contribution < -0.4 is 5.46 Å². The molecule has 0 aliphatic rings. The highest BCUT2D eigenvalue weighted by molar-refractivity contribution is 6.37. The van der Waals surface area contributed by atoms with Gasteiger partial charge < -0.3 is 0 Å². The lowest BCUT2D eigenvalue weighted by Crippen LogP contribution is -2.18. The van der Waals surface area contributed by atoms with Gasteiger partial charge in [-0.3, -0.25) is 0 Å². The Labute approximate surface area is 104 Å². The van der Waals surface area contributed by atoms with E-state index in [4.69, 9.17) is 0 Å². The van der Waals surface area contributed by atoms with E-state index in [9.17, 15) is 0 Å². The van der Waals surface area contributed by atoms with E-state index in [1.807, 2.05) is 4.52 Å². The summed E-state index contributed by atoms with van der Waals surface area (Å²) in [4.78, 5) is 4.65. The summed E-state index contributed by atoms with van der Waals surface area (Å²) in [5.41, 5.74) is 4.97. The quantitative estimate of drug-likeness (QED) is 0.731. The predicted molar refractivity (Wildman–Crippen MR) is 74.1 cm³/mol. The van der Waals surface area contributed by atoms with Crippen LogP contribution in [0.4, 0.5) is 0 Å². The van der Waals surface area contributed by atoms with Crippen LogP contribution in [0, 0.1) is 6.92 Å². The van der Waals surface area contributed by atoms with Crippen molar-refractivity contribution in [2.45, 2.75) is 46.5 Å². The van der Waals surface area contributed by atoms with Gasteiger partial charge in [0, 0.05) is 12.1 Å². The molecule has 0 aliphatic carbocycles. The molecule has 90 valence electrons. The monoisotopic (exact) mass is 229 g/mol. The lowest BCUT2D eigenvalue weighted by molar-refractivity contribution is 0.763. The molecule has 2 rings (SSSR count). The van der Waals surface area contributed by atoms with Crippen molar-refractivity contribution < 1.29 is 0 Å². The van der Waals surface area contributed by atoms with E-state index in [0.717, 1.165) is 11.5 Å². The molecule has 0 atom stereocenters. The minimum Gasteiger partial charge on any atom is -0.221 e. The van der Waals surface area contributed by atoms with Gasteiger partial charge in [0.2, 0.25) is 0 Å². The van der Waals surface area contributed by atoms with Crippen molar-refractivity contribution >= 4 is 19.0 Å². The topological polar surface area (TPSA) is 30.2 Å². The molecule has 0 saturated carbocycles. The summed E-state index contributed by atoms with van der Waals surface area (Å²) in [7, 11) is 2.15. The van der Waals surface area contributed by atoms with Crippen LogP contribution in [-0.2, 0) is 0 Å². The summed E-state index contributed by atoms with van der Waals surface area (Å²) in [5.74, 6) is 1.82. The number of pyridine rings is 1. The lowest BCUT2D eigenvalue weighted by Gasteiger charge is -2.13. The molecular weight excluding hydrogens is 209 g/mol. The fourth-order valence-corrected chi connectivity index (χ4v) is 2.49. The smallest absolute Gasteiger partial charge is 0.154 e. The van der Waals surface area contributed by atoms with Crippen LogP contribution in [0.5, 0.6) is 0 Å². The normalized spacial score (nSPS) is 11.9. The zero-order valence-electron chi connectivity index (χ0n) is 11.6. The van der Waals surface area contributed by atoms with Gasteiger partial charge in [0.1, 0.15) is 13.5 Å². The summed E-state index contributed by atoms with van der Waals surface area (Å²) >= 11 is 0. The Morgan fingerprint density at radius 2 is 1.82 bits per heavy atom. The lowest BCUT2D eigenvalue weighted by atomic mass is 9.84. The van der Waals surface area contributed by atoms with Gasteiger partial charge in [-0.2, -0.15) is 5.10 Å². The Morgan fingerprint density at radius 3 is 2.35 bits per heavy atom. The first-order valence-corrected chi connectivity index (χ1v) is 6.28. The Morgan fingerprint density at radius 1 is 1.18 bits per heavy atom. The van der Waals surface area contributed by atoms with Crippen molar-refractivity contribution in [1.82, 2.24) is 14.6 Å². The van der Waals surface area contributed by atoms with E-state index in [0.29, 0.717) is 11.8 Å². The molecule has 3 nitrogen and oxygen atoms in total. The summed E-state index contributed by atoms with van der Waals surface area (Å²) in [6.07, 6.45) is 2.09. The SMILES string of the molecule is Bc1c(C(C)C)c(C)cn2nc(C(C)C)nc12. The number of nitrogens with zero attached hydrogens (tertiary/aromatic N) is 3. The zero-order valence-corrected chi connectivity index (χ0v) is 11.6. The van der Waals surface area contributed by atoms with Gasteiger partial charge >= 0.3 is 0 Å². The number of aromatic nitrogens is 3. The molecule has 2 aromatic heterocycles. The molecule has 0 spiro atoms. The van der Waals surface area contributed by atoms with Crippen LogP contribution in [0.2, 0.25) is 0 Å². The molecule has 0 radical (unpaired) electrons. The largest absolute Gasteiger partial charge is 0.221 e. The third kappa shape index (κ3) is 1.96. The van der Waals surface area contributed by atoms with Gasteiger partial charge in [-0.15, -0.1) is 0 Å². The van der Waals surface area contributed by atoms with E-state index in [1.54, 1.807) is 0 Å². The second-order valence-corrected chi connectivity index (χ2v) is 5.40. The highest BCUT2D eigenvalue weighted by Crippen LogP contribution is 2.19. The van der Waals surface area contributed by atoms with Crippen LogP contribution >= 0.6 is 0 Å². The van der Waals surface area contributed by atoms with Gasteiger partial charge in [-0.05, 0) is 29.4 Å². The van der Waals surface area contributed by atoms with Crippen LogP contribution in [0.1, 0.15) is 56.5 Å². The fraction of sp³-hybridized carbons (Fsp3) is 0.538. The van der Waals surface area contributed by atoms with Crippen LogP contribution in [-0.4, -0.2) is 22.4 Å². The fourth-order valence-electron chi connectivity index (χ4n) is 2.49. The Kier molecular flexibility index (Phi) is 2.98. The van der Waals surface area contributed by atoms with Crippen LogP contribution in [0.25, 0.3) is 5.65 Å². The molecule has 0 fully saturated rings. The summed E-state index contributed by atoms with van der Waals surface area (Å²) in [6, 6.07) is 0. The molecule has 0 amide bonds. The third-order valence-corrected chi connectivity index (χ3v) is 3.22. The first kappa shape index (κ1) is 12.2. The number of aryl methyl sites for hydroxylation is 1. The maximum Gasteiger partial charge on any atom is 0.154 e. The molecule has 0 unspecified atom stereocenters. The maximum atomic E-state index is 4.65. The molecule has 17 heavy (non-hydrogen) atoms. The van der Waals surface area contributed by atoms with E-state index >= 15 is 0 Å². The molecule has 0 aromatic carbocycles. The molecular formula is C13H20BN3. The number of hydrogen-bond acceptors (Lipinski definition) is 2. The summed E-state index contributed by atoms with van der Waals surface area (Å²) in [6.45, 7) is 10.9. The number of hydrogen-bond donors (Lipinski definition) is 0. The Bertz CT molecular complexity index is 555. The van der Waals surface area contributed by atoms with Crippen molar-refractivity contribution in [3.8, 4) is 0 Å². The average molecular weight is 229 g/mol. The molecule has 2 heterocycles. The minimum atomic E-state index is 0.372. The van der Waals surface area contributed by atoms with Crippen molar-refractivity contribution in [1.29, 1.82) is 0 Å². The Balaban J connectivity index is 2.74. The molecule has 0 saturated heterocycles. The number of fused-ring (bicyclic) bond motifs is 1.